The van der Waals surface area contributed by atoms with E-state index in [1.54, 1.807) is 11.3 Å². The first kappa shape index (κ1) is 26.2. The molecule has 1 aliphatic carbocycles. The maximum Gasteiger partial charge on any atom is 0.490 e. The van der Waals surface area contributed by atoms with E-state index in [9.17, 15) is 26.3 Å². The number of carbonyl (C=O) groups is 2. The van der Waals surface area contributed by atoms with Gasteiger partial charge in [0.15, 0.2) is 0 Å². The minimum absolute atomic E-state index is 0.632. The topological polar surface area (TPSA) is 138 Å². The number of aliphatic carboxylic acids is 2. The second kappa shape index (κ2) is 10.5. The summed E-state index contributed by atoms with van der Waals surface area (Å²) in [6.07, 6.45) is -5.56. The van der Waals surface area contributed by atoms with Gasteiger partial charge in [-0.3, -0.25) is 0 Å². The number of halogens is 6. The number of aryl methyl sites for hydroxylation is 2. The van der Waals surface area contributed by atoms with E-state index in [1.165, 1.54) is 23.3 Å². The van der Waals surface area contributed by atoms with Gasteiger partial charge in [0.2, 0.25) is 5.95 Å². The number of rotatable bonds is 3. The van der Waals surface area contributed by atoms with E-state index in [4.69, 9.17) is 25.5 Å². The molecule has 0 saturated heterocycles. The van der Waals surface area contributed by atoms with Crippen LogP contribution in [-0.2, 0) is 22.4 Å². The molecule has 2 heterocycles. The molecule has 0 saturated carbocycles. The molecule has 3 rings (SSSR count). The Balaban J connectivity index is 0.000000288. The Kier molecular flexibility index (Phi) is 8.84. The lowest BCUT2D eigenvalue weighted by Crippen LogP contribution is -2.21. The molecule has 0 radical (unpaired) electrons. The molecular weight excluding hydrogens is 458 g/mol. The molecule has 31 heavy (non-hydrogen) atoms. The highest BCUT2D eigenvalue weighted by Gasteiger charge is 2.38. The van der Waals surface area contributed by atoms with Gasteiger partial charge < -0.3 is 21.3 Å². The van der Waals surface area contributed by atoms with Crippen LogP contribution >= 0.6 is 11.3 Å². The Morgan fingerprint density at radius 2 is 1.58 bits per heavy atom. The summed E-state index contributed by atoms with van der Waals surface area (Å²) in [5, 5.41) is 18.5. The number of aromatic nitrogens is 2. The number of carboxylic acids is 2. The van der Waals surface area contributed by atoms with Gasteiger partial charge in [0.05, 0.1) is 5.39 Å². The third-order valence-corrected chi connectivity index (χ3v) is 4.80. The number of hydrogen-bond donors (Lipinski definition) is 4. The Morgan fingerprint density at radius 3 is 2.03 bits per heavy atom. The summed E-state index contributed by atoms with van der Waals surface area (Å²) >= 11 is 1.78. The quantitative estimate of drug-likeness (QED) is 0.490. The molecule has 0 bridgehead atoms. The van der Waals surface area contributed by atoms with Crippen molar-refractivity contribution in [2.45, 2.75) is 45.0 Å². The van der Waals surface area contributed by atoms with Crippen molar-refractivity contribution in [3.63, 3.8) is 0 Å². The molecule has 0 aromatic carbocycles. The van der Waals surface area contributed by atoms with E-state index in [0.717, 1.165) is 29.6 Å². The summed E-state index contributed by atoms with van der Waals surface area (Å²) < 4.78 is 63.5. The fourth-order valence-corrected chi connectivity index (χ4v) is 3.61. The number of thiophene rings is 1. The molecule has 0 fully saturated rings. The number of carboxylic acid groups (broad SMARTS) is 2. The number of hydrogen-bond acceptors (Lipinski definition) is 7. The van der Waals surface area contributed by atoms with Crippen molar-refractivity contribution in [3.8, 4) is 0 Å². The van der Waals surface area contributed by atoms with Crippen LogP contribution in [0.15, 0.2) is 0 Å². The SMILES string of the molecule is CCCNc1nc(N)c2c3c(sc2n1)CCC3.O=C(O)C(F)(F)F.O=C(O)C(F)(F)F. The lowest BCUT2D eigenvalue weighted by atomic mass is 10.2. The Labute approximate surface area is 175 Å². The van der Waals surface area contributed by atoms with E-state index < -0.39 is 24.3 Å². The Bertz CT molecular complexity index is 905. The van der Waals surface area contributed by atoms with E-state index in [1.807, 2.05) is 0 Å². The molecule has 0 aliphatic heterocycles. The largest absolute Gasteiger partial charge is 0.490 e. The molecule has 15 heteroatoms. The molecular formula is C16H18F6N4O4S. The van der Waals surface area contributed by atoms with Crippen molar-refractivity contribution >= 4 is 45.3 Å². The number of nitrogens with zero attached hydrogens (tertiary/aromatic N) is 2. The van der Waals surface area contributed by atoms with Gasteiger partial charge >= 0.3 is 24.3 Å². The zero-order chi connectivity index (χ0) is 24.0. The maximum atomic E-state index is 10.6. The van der Waals surface area contributed by atoms with Gasteiger partial charge in [0, 0.05) is 11.4 Å². The lowest BCUT2D eigenvalue weighted by Gasteiger charge is -2.05. The summed E-state index contributed by atoms with van der Waals surface area (Å²) in [5.74, 6) is -4.22. The lowest BCUT2D eigenvalue weighted by molar-refractivity contribution is -0.193. The third kappa shape index (κ3) is 7.73. The molecule has 1 aliphatic rings. The van der Waals surface area contributed by atoms with Crippen molar-refractivity contribution in [3.05, 3.63) is 10.4 Å². The highest BCUT2D eigenvalue weighted by Crippen LogP contribution is 2.38. The Morgan fingerprint density at radius 1 is 1.06 bits per heavy atom. The molecule has 0 amide bonds. The molecule has 174 valence electrons. The van der Waals surface area contributed by atoms with Crippen LogP contribution in [-0.4, -0.2) is 51.0 Å². The van der Waals surface area contributed by atoms with Gasteiger partial charge in [0.1, 0.15) is 10.6 Å². The zero-order valence-corrected chi connectivity index (χ0v) is 16.7. The number of fused-ring (bicyclic) bond motifs is 3. The molecule has 2 aromatic heterocycles. The highest BCUT2D eigenvalue weighted by atomic mass is 32.1. The predicted molar refractivity (Wildman–Crippen MR) is 100 cm³/mol. The van der Waals surface area contributed by atoms with Gasteiger partial charge in [-0.1, -0.05) is 6.92 Å². The van der Waals surface area contributed by atoms with Gasteiger partial charge in [-0.05, 0) is 31.2 Å². The minimum atomic E-state index is -5.08. The van der Waals surface area contributed by atoms with Gasteiger partial charge in [-0.2, -0.15) is 31.3 Å². The average molecular weight is 476 g/mol. The van der Waals surface area contributed by atoms with E-state index in [-0.39, 0.29) is 0 Å². The molecule has 0 unspecified atom stereocenters. The van der Waals surface area contributed by atoms with Crippen LogP contribution in [0.4, 0.5) is 38.1 Å². The van der Waals surface area contributed by atoms with Crippen molar-refractivity contribution in [1.29, 1.82) is 0 Å². The van der Waals surface area contributed by atoms with Crippen LogP contribution < -0.4 is 11.1 Å². The first-order chi connectivity index (χ1) is 14.2. The monoisotopic (exact) mass is 476 g/mol. The number of nitrogens with one attached hydrogen (secondary N) is 1. The molecule has 0 spiro atoms. The number of nitrogens with two attached hydrogens (primary N) is 1. The maximum absolute atomic E-state index is 10.6. The van der Waals surface area contributed by atoms with Crippen molar-refractivity contribution in [2.24, 2.45) is 0 Å². The summed E-state index contributed by atoms with van der Waals surface area (Å²) in [6.45, 7) is 3.00. The second-order valence-electron chi connectivity index (χ2n) is 6.00. The average Bonchev–Trinajstić information content (AvgIpc) is 3.19. The summed E-state index contributed by atoms with van der Waals surface area (Å²) in [4.78, 5) is 29.2. The van der Waals surface area contributed by atoms with E-state index in [2.05, 4.69) is 22.2 Å². The minimum Gasteiger partial charge on any atom is -0.475 e. The van der Waals surface area contributed by atoms with Crippen LogP contribution in [0.3, 0.4) is 0 Å². The summed E-state index contributed by atoms with van der Waals surface area (Å²) in [7, 11) is 0. The van der Waals surface area contributed by atoms with Gasteiger partial charge in [-0.15, -0.1) is 11.3 Å². The van der Waals surface area contributed by atoms with Crippen LogP contribution in [0.1, 0.15) is 30.2 Å². The second-order valence-corrected chi connectivity index (χ2v) is 7.09. The van der Waals surface area contributed by atoms with Crippen molar-refractivity contribution in [1.82, 2.24) is 9.97 Å². The third-order valence-electron chi connectivity index (χ3n) is 3.61. The fraction of sp³-hybridized carbons (Fsp3) is 0.500. The van der Waals surface area contributed by atoms with E-state index >= 15 is 0 Å². The van der Waals surface area contributed by atoms with Gasteiger partial charge in [0.25, 0.3) is 0 Å². The number of anilines is 2. The van der Waals surface area contributed by atoms with Crippen LogP contribution in [0, 0.1) is 0 Å². The number of nitrogen functional groups attached to an aromatic ring is 1. The molecule has 8 nitrogen and oxygen atoms in total. The zero-order valence-electron chi connectivity index (χ0n) is 15.9. The van der Waals surface area contributed by atoms with Crippen molar-refractivity contribution in [2.75, 3.05) is 17.6 Å². The molecule has 0 atom stereocenters. The van der Waals surface area contributed by atoms with Crippen LogP contribution in [0.5, 0.6) is 0 Å². The summed E-state index contributed by atoms with van der Waals surface area (Å²) in [6, 6.07) is 0. The molecule has 2 aromatic rings. The van der Waals surface area contributed by atoms with Crippen molar-refractivity contribution < 1.29 is 46.1 Å². The first-order valence-electron chi connectivity index (χ1n) is 8.60. The highest BCUT2D eigenvalue weighted by molar-refractivity contribution is 7.19. The van der Waals surface area contributed by atoms with Gasteiger partial charge in [-0.25, -0.2) is 14.6 Å². The predicted octanol–water partition coefficient (Wildman–Crippen LogP) is 3.85. The fourth-order valence-electron chi connectivity index (χ4n) is 2.34. The number of alkyl halides is 6. The summed E-state index contributed by atoms with van der Waals surface area (Å²) in [5.41, 5.74) is 7.45. The normalized spacial score (nSPS) is 12.9. The first-order valence-corrected chi connectivity index (χ1v) is 9.41. The molecule has 5 N–H and O–H groups in total. The smallest absolute Gasteiger partial charge is 0.475 e. The standard InChI is InChI=1S/C12H16N4S.2C2HF3O2/c1-2-6-14-12-15-10(13)9-7-4-3-5-8(7)17-11(9)16-12;2*3-2(4,5)1(6)7/h2-6H2,1H3,(H3,13,14,15,16);2*(H,6,7). The Hall–Kier alpha value is -2.84. The van der Waals surface area contributed by atoms with Crippen LogP contribution in [0.2, 0.25) is 0 Å². The van der Waals surface area contributed by atoms with Crippen LogP contribution in [0.25, 0.3) is 10.2 Å². The van der Waals surface area contributed by atoms with E-state index in [0.29, 0.717) is 11.8 Å².